The molecule has 1 N–H and O–H groups in total. The van der Waals surface area contributed by atoms with Gasteiger partial charge in [0.05, 0.1) is 11.4 Å². The largest absolute Gasteiger partial charge is 0.326 e. The minimum Gasteiger partial charge on any atom is -0.326 e. The molecule has 0 unspecified atom stereocenters. The lowest BCUT2D eigenvalue weighted by Crippen LogP contribution is -2.13. The molecule has 0 bridgehead atoms. The van der Waals surface area contributed by atoms with Crippen molar-refractivity contribution in [1.82, 2.24) is 9.78 Å². The second-order valence-corrected chi connectivity index (χ2v) is 6.40. The Bertz CT molecular complexity index is 932. The molecule has 0 aliphatic rings. The number of nitrogens with one attached hydrogen (secondary N) is 1. The first-order valence-electron chi connectivity index (χ1n) is 8.62. The quantitative estimate of drug-likeness (QED) is 0.735. The summed E-state index contributed by atoms with van der Waals surface area (Å²) in [6, 6.07) is 14.3. The van der Waals surface area contributed by atoms with E-state index in [4.69, 9.17) is 0 Å². The van der Waals surface area contributed by atoms with Gasteiger partial charge < -0.3 is 5.32 Å². The molecule has 0 fully saturated rings. The monoisotopic (exact) mass is 351 g/mol. The van der Waals surface area contributed by atoms with Gasteiger partial charge in [-0.25, -0.2) is 9.07 Å². The van der Waals surface area contributed by atoms with Crippen LogP contribution in [0.4, 0.5) is 10.1 Å². The molecule has 0 spiro atoms. The highest BCUT2D eigenvalue weighted by molar-refractivity contribution is 5.91. The standard InChI is InChI=1S/C21H22FN3O/c1-14-9-10-17(22)13-20(14)23-21(26)12-11-19-15(2)24-25(16(19)3)18-7-5-4-6-8-18/h4-10,13H,11-12H2,1-3H3,(H,23,26). The summed E-state index contributed by atoms with van der Waals surface area (Å²) in [5.74, 6) is -0.494. The molecule has 134 valence electrons. The van der Waals surface area contributed by atoms with Gasteiger partial charge in [0.2, 0.25) is 5.91 Å². The molecule has 1 aromatic heterocycles. The molecule has 0 atom stereocenters. The maximum Gasteiger partial charge on any atom is 0.224 e. The molecular weight excluding hydrogens is 329 g/mol. The van der Waals surface area contributed by atoms with Crippen LogP contribution in [0.15, 0.2) is 48.5 Å². The van der Waals surface area contributed by atoms with Crippen molar-refractivity contribution in [3.05, 3.63) is 76.9 Å². The maximum atomic E-state index is 13.4. The van der Waals surface area contributed by atoms with Gasteiger partial charge in [-0.05, 0) is 62.6 Å². The SMILES string of the molecule is Cc1ccc(F)cc1NC(=O)CCc1c(C)nn(-c2ccccc2)c1C. The Balaban J connectivity index is 1.71. The molecule has 3 aromatic rings. The lowest BCUT2D eigenvalue weighted by atomic mass is 10.1. The molecule has 3 rings (SSSR count). The third-order valence-electron chi connectivity index (χ3n) is 4.52. The van der Waals surface area contributed by atoms with Crippen molar-refractivity contribution >= 4 is 11.6 Å². The first-order chi connectivity index (χ1) is 12.5. The fraction of sp³-hybridized carbons (Fsp3) is 0.238. The number of aromatic nitrogens is 2. The zero-order valence-corrected chi connectivity index (χ0v) is 15.2. The molecule has 0 saturated carbocycles. The van der Waals surface area contributed by atoms with Crippen LogP contribution in [-0.2, 0) is 11.2 Å². The van der Waals surface area contributed by atoms with Crippen LogP contribution in [-0.4, -0.2) is 15.7 Å². The summed E-state index contributed by atoms with van der Waals surface area (Å²) < 4.78 is 15.3. The lowest BCUT2D eigenvalue weighted by Gasteiger charge is -2.09. The zero-order chi connectivity index (χ0) is 18.7. The molecule has 26 heavy (non-hydrogen) atoms. The number of amides is 1. The molecule has 4 nitrogen and oxygen atoms in total. The first-order valence-corrected chi connectivity index (χ1v) is 8.62. The van der Waals surface area contributed by atoms with E-state index in [1.165, 1.54) is 12.1 Å². The van der Waals surface area contributed by atoms with E-state index in [1.54, 1.807) is 6.07 Å². The van der Waals surface area contributed by atoms with E-state index in [-0.39, 0.29) is 11.7 Å². The number of carbonyl (C=O) groups excluding carboxylic acids is 1. The van der Waals surface area contributed by atoms with Crippen LogP contribution < -0.4 is 5.32 Å². The summed E-state index contributed by atoms with van der Waals surface area (Å²) in [6.45, 7) is 5.81. The number of nitrogens with zero attached hydrogens (tertiary/aromatic N) is 2. The molecule has 2 aromatic carbocycles. The van der Waals surface area contributed by atoms with Crippen molar-refractivity contribution < 1.29 is 9.18 Å². The number of hydrogen-bond donors (Lipinski definition) is 1. The maximum absolute atomic E-state index is 13.4. The van der Waals surface area contributed by atoms with E-state index >= 15 is 0 Å². The minimum absolute atomic E-state index is 0.134. The number of hydrogen-bond acceptors (Lipinski definition) is 2. The Morgan fingerprint density at radius 1 is 1.12 bits per heavy atom. The average Bonchev–Trinajstić information content (AvgIpc) is 2.91. The third kappa shape index (κ3) is 3.82. The van der Waals surface area contributed by atoms with Crippen LogP contribution in [0.2, 0.25) is 0 Å². The van der Waals surface area contributed by atoms with Gasteiger partial charge in [0.25, 0.3) is 0 Å². The van der Waals surface area contributed by atoms with Crippen molar-refractivity contribution in [3.8, 4) is 5.69 Å². The molecule has 0 radical (unpaired) electrons. The Morgan fingerprint density at radius 3 is 2.58 bits per heavy atom. The van der Waals surface area contributed by atoms with Crippen molar-refractivity contribution in [1.29, 1.82) is 0 Å². The number of rotatable bonds is 5. The summed E-state index contributed by atoms with van der Waals surface area (Å²) in [4.78, 5) is 12.3. The smallest absolute Gasteiger partial charge is 0.224 e. The predicted octanol–water partition coefficient (Wildman–Crippen LogP) is 4.51. The van der Waals surface area contributed by atoms with Crippen LogP contribution >= 0.6 is 0 Å². The molecule has 1 amide bonds. The highest BCUT2D eigenvalue weighted by Crippen LogP contribution is 2.20. The summed E-state index contributed by atoms with van der Waals surface area (Å²) in [7, 11) is 0. The fourth-order valence-electron chi connectivity index (χ4n) is 3.04. The molecular formula is C21H22FN3O. The van der Waals surface area contributed by atoms with Crippen LogP contribution in [0.3, 0.4) is 0 Å². The zero-order valence-electron chi connectivity index (χ0n) is 15.2. The third-order valence-corrected chi connectivity index (χ3v) is 4.52. The van der Waals surface area contributed by atoms with Gasteiger partial charge in [0.1, 0.15) is 5.82 Å². The number of para-hydroxylation sites is 1. The van der Waals surface area contributed by atoms with Gasteiger partial charge >= 0.3 is 0 Å². The summed E-state index contributed by atoms with van der Waals surface area (Å²) in [5, 5.41) is 7.40. The number of benzene rings is 2. The predicted molar refractivity (Wildman–Crippen MR) is 101 cm³/mol. The second-order valence-electron chi connectivity index (χ2n) is 6.40. The molecule has 0 aliphatic carbocycles. The lowest BCUT2D eigenvalue weighted by molar-refractivity contribution is -0.116. The Morgan fingerprint density at radius 2 is 1.85 bits per heavy atom. The van der Waals surface area contributed by atoms with Crippen LogP contribution in [0.25, 0.3) is 5.69 Å². The van der Waals surface area contributed by atoms with Crippen LogP contribution in [0.1, 0.15) is 28.9 Å². The molecule has 5 heteroatoms. The van der Waals surface area contributed by atoms with Gasteiger partial charge in [-0.2, -0.15) is 5.10 Å². The van der Waals surface area contributed by atoms with E-state index in [1.807, 2.05) is 55.8 Å². The Kier molecular flexibility index (Phi) is 5.16. The van der Waals surface area contributed by atoms with Crippen LogP contribution in [0.5, 0.6) is 0 Å². The van der Waals surface area contributed by atoms with Crippen molar-refractivity contribution in [2.75, 3.05) is 5.32 Å². The minimum atomic E-state index is -0.360. The van der Waals surface area contributed by atoms with E-state index in [9.17, 15) is 9.18 Å². The van der Waals surface area contributed by atoms with E-state index < -0.39 is 0 Å². The summed E-state index contributed by atoms with van der Waals surface area (Å²) in [5.41, 5.74) is 5.37. The van der Waals surface area contributed by atoms with Gasteiger partial charge in [-0.3, -0.25) is 4.79 Å². The van der Waals surface area contributed by atoms with Gasteiger partial charge in [0, 0.05) is 17.8 Å². The van der Waals surface area contributed by atoms with Crippen molar-refractivity contribution in [2.45, 2.75) is 33.6 Å². The van der Waals surface area contributed by atoms with Gasteiger partial charge in [-0.1, -0.05) is 24.3 Å². The Hall–Kier alpha value is -2.95. The molecule has 1 heterocycles. The number of anilines is 1. The van der Waals surface area contributed by atoms with Crippen molar-refractivity contribution in [2.24, 2.45) is 0 Å². The summed E-state index contributed by atoms with van der Waals surface area (Å²) >= 11 is 0. The summed E-state index contributed by atoms with van der Waals surface area (Å²) in [6.07, 6.45) is 0.906. The number of carbonyl (C=O) groups is 1. The topological polar surface area (TPSA) is 46.9 Å². The second kappa shape index (κ2) is 7.52. The first kappa shape index (κ1) is 17.9. The van der Waals surface area contributed by atoms with E-state index in [0.29, 0.717) is 18.5 Å². The molecule has 0 saturated heterocycles. The normalized spacial score (nSPS) is 10.8. The number of halogens is 1. The highest BCUT2D eigenvalue weighted by Gasteiger charge is 2.14. The van der Waals surface area contributed by atoms with E-state index in [0.717, 1.165) is 28.2 Å². The van der Waals surface area contributed by atoms with Crippen LogP contribution in [0, 0.1) is 26.6 Å². The highest BCUT2D eigenvalue weighted by atomic mass is 19.1. The fourth-order valence-corrected chi connectivity index (χ4v) is 3.04. The van der Waals surface area contributed by atoms with E-state index in [2.05, 4.69) is 10.4 Å². The van der Waals surface area contributed by atoms with Gasteiger partial charge in [-0.15, -0.1) is 0 Å². The number of aryl methyl sites for hydroxylation is 2. The average molecular weight is 351 g/mol. The van der Waals surface area contributed by atoms with Crippen molar-refractivity contribution in [3.63, 3.8) is 0 Å². The van der Waals surface area contributed by atoms with Gasteiger partial charge in [0.15, 0.2) is 0 Å². The molecule has 0 aliphatic heterocycles. The Labute approximate surface area is 152 Å².